The Morgan fingerprint density at radius 3 is 2.41 bits per heavy atom. The molecule has 1 fully saturated rings. The molecule has 2 aromatic rings. The van der Waals surface area contributed by atoms with Crippen LogP contribution in [0.5, 0.6) is 11.5 Å². The smallest absolute Gasteiger partial charge is 0.338 e. The highest BCUT2D eigenvalue weighted by Crippen LogP contribution is 2.37. The molecule has 2 N–H and O–H groups in total. The molecule has 7 heteroatoms. The van der Waals surface area contributed by atoms with Gasteiger partial charge in [0.25, 0.3) is 0 Å². The van der Waals surface area contributed by atoms with Crippen LogP contribution in [0.2, 0.25) is 0 Å². The number of phenolic OH excluding ortho intramolecular Hbond substituents is 2. The van der Waals surface area contributed by atoms with E-state index in [-0.39, 0.29) is 40.2 Å². The van der Waals surface area contributed by atoms with Crippen LogP contribution in [-0.2, 0) is 4.74 Å². The second-order valence-corrected chi connectivity index (χ2v) is 7.31. The Bertz CT molecular complexity index is 1010. The molecule has 0 saturated carbocycles. The van der Waals surface area contributed by atoms with E-state index in [0.717, 1.165) is 32.0 Å². The minimum absolute atomic E-state index is 0.00430. The van der Waals surface area contributed by atoms with Crippen molar-refractivity contribution in [1.82, 2.24) is 4.90 Å². The molecular formula is C22H21NO6. The van der Waals surface area contributed by atoms with Crippen molar-refractivity contribution in [3.05, 3.63) is 58.1 Å². The quantitative estimate of drug-likeness (QED) is 0.654. The van der Waals surface area contributed by atoms with Crippen LogP contribution in [0.4, 0.5) is 0 Å². The van der Waals surface area contributed by atoms with Crippen molar-refractivity contribution in [2.75, 3.05) is 26.2 Å². The summed E-state index contributed by atoms with van der Waals surface area (Å²) in [4.78, 5) is 40.2. The summed E-state index contributed by atoms with van der Waals surface area (Å²) in [5.41, 5.74) is -0.385. The van der Waals surface area contributed by atoms with Gasteiger partial charge < -0.3 is 14.9 Å². The molecule has 0 atom stereocenters. The highest BCUT2D eigenvalue weighted by Gasteiger charge is 2.35. The lowest BCUT2D eigenvalue weighted by molar-refractivity contribution is 0.0451. The van der Waals surface area contributed by atoms with E-state index in [0.29, 0.717) is 6.54 Å². The van der Waals surface area contributed by atoms with Crippen LogP contribution < -0.4 is 0 Å². The lowest BCUT2D eigenvalue weighted by atomic mass is 9.82. The topological polar surface area (TPSA) is 104 Å². The molecule has 2 aliphatic rings. The predicted octanol–water partition coefficient (Wildman–Crippen LogP) is 2.52. The van der Waals surface area contributed by atoms with E-state index in [4.69, 9.17) is 4.74 Å². The van der Waals surface area contributed by atoms with Gasteiger partial charge in [-0.25, -0.2) is 4.79 Å². The number of ether oxygens (including phenoxy) is 1. The van der Waals surface area contributed by atoms with E-state index in [1.54, 1.807) is 0 Å². The maximum absolute atomic E-state index is 12.8. The van der Waals surface area contributed by atoms with Gasteiger partial charge in [-0.05, 0) is 44.1 Å². The van der Waals surface area contributed by atoms with Crippen molar-refractivity contribution in [2.24, 2.45) is 0 Å². The molecule has 0 spiro atoms. The summed E-state index contributed by atoms with van der Waals surface area (Å²) in [7, 11) is 0. The Labute approximate surface area is 167 Å². The minimum atomic E-state index is -0.665. The van der Waals surface area contributed by atoms with Gasteiger partial charge in [0.15, 0.2) is 5.78 Å². The van der Waals surface area contributed by atoms with E-state index in [9.17, 15) is 24.6 Å². The second-order valence-electron chi connectivity index (χ2n) is 7.31. The number of hydrogen-bond acceptors (Lipinski definition) is 7. The normalized spacial score (nSPS) is 16.3. The van der Waals surface area contributed by atoms with Crippen molar-refractivity contribution in [1.29, 1.82) is 0 Å². The van der Waals surface area contributed by atoms with Crippen LogP contribution in [-0.4, -0.2) is 58.9 Å². The molecule has 1 aliphatic carbocycles. The zero-order valence-electron chi connectivity index (χ0n) is 15.8. The zero-order chi connectivity index (χ0) is 20.5. The highest BCUT2D eigenvalue weighted by molar-refractivity contribution is 6.30. The fourth-order valence-corrected chi connectivity index (χ4v) is 3.93. The van der Waals surface area contributed by atoms with E-state index >= 15 is 0 Å². The molecule has 0 amide bonds. The first-order valence-corrected chi connectivity index (χ1v) is 9.65. The third-order valence-corrected chi connectivity index (χ3v) is 5.43. The lowest BCUT2D eigenvalue weighted by Gasteiger charge is -2.26. The first-order chi connectivity index (χ1) is 14.0. The molecule has 29 heavy (non-hydrogen) atoms. The Kier molecular flexibility index (Phi) is 5.07. The number of aromatic hydroxyl groups is 2. The Morgan fingerprint density at radius 2 is 1.66 bits per heavy atom. The molecule has 7 nitrogen and oxygen atoms in total. The number of fused-ring (bicyclic) bond motifs is 2. The van der Waals surface area contributed by atoms with Crippen LogP contribution in [0.15, 0.2) is 30.3 Å². The van der Waals surface area contributed by atoms with Gasteiger partial charge in [0, 0.05) is 17.7 Å². The van der Waals surface area contributed by atoms with Crippen LogP contribution in [0.1, 0.15) is 61.5 Å². The summed E-state index contributed by atoms with van der Waals surface area (Å²) >= 11 is 0. The SMILES string of the molecule is O=C(OCCN1CCCCC1)c1cc(O)c2c(c1)C(=O)c1cccc(O)c1C2=O. The van der Waals surface area contributed by atoms with Crippen LogP contribution >= 0.6 is 0 Å². The van der Waals surface area contributed by atoms with Gasteiger partial charge in [-0.3, -0.25) is 14.5 Å². The number of carbonyl (C=O) groups excluding carboxylic acids is 3. The summed E-state index contributed by atoms with van der Waals surface area (Å²) in [5, 5.41) is 20.3. The minimum Gasteiger partial charge on any atom is -0.507 e. The molecule has 1 heterocycles. The number of piperidine rings is 1. The zero-order valence-corrected chi connectivity index (χ0v) is 15.8. The van der Waals surface area contributed by atoms with Crippen molar-refractivity contribution in [3.63, 3.8) is 0 Å². The van der Waals surface area contributed by atoms with Crippen molar-refractivity contribution in [2.45, 2.75) is 19.3 Å². The van der Waals surface area contributed by atoms with Gasteiger partial charge in [-0.2, -0.15) is 0 Å². The Balaban J connectivity index is 1.56. The number of esters is 1. The largest absolute Gasteiger partial charge is 0.507 e. The van der Waals surface area contributed by atoms with Gasteiger partial charge in [0.05, 0.1) is 16.7 Å². The fourth-order valence-electron chi connectivity index (χ4n) is 3.93. The third kappa shape index (κ3) is 3.49. The molecule has 0 unspecified atom stereocenters. The monoisotopic (exact) mass is 395 g/mol. The number of phenols is 2. The molecule has 0 radical (unpaired) electrons. The molecule has 0 bridgehead atoms. The van der Waals surface area contributed by atoms with E-state index < -0.39 is 23.3 Å². The van der Waals surface area contributed by atoms with Gasteiger partial charge in [0.2, 0.25) is 5.78 Å². The van der Waals surface area contributed by atoms with Crippen molar-refractivity contribution in [3.8, 4) is 11.5 Å². The number of benzene rings is 2. The van der Waals surface area contributed by atoms with Crippen molar-refractivity contribution >= 4 is 17.5 Å². The van der Waals surface area contributed by atoms with Crippen molar-refractivity contribution < 1.29 is 29.3 Å². The van der Waals surface area contributed by atoms with Gasteiger partial charge in [0.1, 0.15) is 18.1 Å². The summed E-state index contributed by atoms with van der Waals surface area (Å²) in [5.74, 6) is -2.68. The first-order valence-electron chi connectivity index (χ1n) is 9.65. The van der Waals surface area contributed by atoms with Crippen LogP contribution in [0.3, 0.4) is 0 Å². The summed E-state index contributed by atoms with van der Waals surface area (Å²) in [6, 6.07) is 6.59. The van der Waals surface area contributed by atoms with E-state index in [1.165, 1.54) is 30.7 Å². The maximum atomic E-state index is 12.8. The van der Waals surface area contributed by atoms with Crippen LogP contribution in [0.25, 0.3) is 0 Å². The van der Waals surface area contributed by atoms with Gasteiger partial charge in [-0.15, -0.1) is 0 Å². The number of nitrogens with zero attached hydrogens (tertiary/aromatic N) is 1. The van der Waals surface area contributed by atoms with E-state index in [1.807, 2.05) is 0 Å². The molecular weight excluding hydrogens is 374 g/mol. The number of ketones is 2. The summed E-state index contributed by atoms with van der Waals surface area (Å²) < 4.78 is 5.30. The third-order valence-electron chi connectivity index (χ3n) is 5.43. The average molecular weight is 395 g/mol. The predicted molar refractivity (Wildman–Crippen MR) is 104 cm³/mol. The molecule has 0 aromatic heterocycles. The lowest BCUT2D eigenvalue weighted by Crippen LogP contribution is -2.33. The molecule has 1 aliphatic heterocycles. The maximum Gasteiger partial charge on any atom is 0.338 e. The standard InChI is InChI=1S/C22H21NO6/c24-16-6-4-5-14-18(16)21(27)19-15(20(14)26)11-13(12-17(19)25)22(28)29-10-9-23-7-2-1-3-8-23/h4-6,11-12,24-25H,1-3,7-10H2. The second kappa shape index (κ2) is 7.67. The van der Waals surface area contributed by atoms with E-state index in [2.05, 4.69) is 4.90 Å². The first kappa shape index (κ1) is 19.1. The number of carbonyl (C=O) groups is 3. The number of rotatable bonds is 4. The number of likely N-dealkylation sites (tertiary alicyclic amines) is 1. The average Bonchev–Trinajstić information content (AvgIpc) is 2.72. The molecule has 4 rings (SSSR count). The van der Waals surface area contributed by atoms with Crippen LogP contribution in [0, 0.1) is 0 Å². The molecule has 150 valence electrons. The number of hydrogen-bond donors (Lipinski definition) is 2. The highest BCUT2D eigenvalue weighted by atomic mass is 16.5. The fraction of sp³-hybridized carbons (Fsp3) is 0.318. The summed E-state index contributed by atoms with van der Waals surface area (Å²) in [6.45, 7) is 2.81. The van der Waals surface area contributed by atoms with Gasteiger partial charge in [-0.1, -0.05) is 18.6 Å². The Morgan fingerprint density at radius 1 is 0.931 bits per heavy atom. The molecule has 1 saturated heterocycles. The molecule has 2 aromatic carbocycles. The van der Waals surface area contributed by atoms with Gasteiger partial charge >= 0.3 is 5.97 Å². The Hall–Kier alpha value is -3.19. The summed E-state index contributed by atoms with van der Waals surface area (Å²) in [6.07, 6.45) is 3.50.